The molecule has 2 saturated carbocycles. The number of aromatic nitrogens is 1. The van der Waals surface area contributed by atoms with E-state index in [2.05, 4.69) is 48.3 Å². The van der Waals surface area contributed by atoms with Crippen LogP contribution in [0.2, 0.25) is 0 Å². The molecule has 2 bridgehead atoms. The quantitative estimate of drug-likeness (QED) is 0.622. The molecule has 2 spiro atoms. The minimum Gasteiger partial charge on any atom is -0.390 e. The summed E-state index contributed by atoms with van der Waals surface area (Å²) < 4.78 is 7.03. The molecule has 2 aliphatic heterocycles. The number of ether oxygens (including phenoxy) is 1. The Morgan fingerprint density at radius 2 is 1.94 bits per heavy atom. The second kappa shape index (κ2) is 6.54. The zero-order chi connectivity index (χ0) is 22.6. The summed E-state index contributed by atoms with van der Waals surface area (Å²) in [6.45, 7) is 2.44. The summed E-state index contributed by atoms with van der Waals surface area (Å²) in [5.74, 6) is 0.840. The molecule has 5 nitrogen and oxygen atoms in total. The Bertz CT molecular complexity index is 1220. The lowest BCUT2D eigenvalue weighted by molar-refractivity contribution is -0.176. The normalized spacial score (nSPS) is 45.8. The van der Waals surface area contributed by atoms with Crippen LogP contribution in [0, 0.1) is 11.3 Å². The average Bonchev–Trinajstić information content (AvgIpc) is 3.33. The van der Waals surface area contributed by atoms with Crippen LogP contribution in [0.15, 0.2) is 60.0 Å². The number of rotatable bonds is 1. The molecule has 8 atom stereocenters. The van der Waals surface area contributed by atoms with Gasteiger partial charge in [0.1, 0.15) is 12.2 Å². The molecule has 172 valence electrons. The molecule has 2 aromatic rings. The van der Waals surface area contributed by atoms with E-state index in [1.54, 1.807) is 0 Å². The number of aliphatic hydroxyl groups is 3. The molecule has 2 unspecified atom stereocenters. The van der Waals surface area contributed by atoms with Crippen LogP contribution in [0.25, 0.3) is 10.8 Å². The second-order valence-electron chi connectivity index (χ2n) is 11.3. The van der Waals surface area contributed by atoms with Crippen molar-refractivity contribution in [2.24, 2.45) is 11.3 Å². The van der Waals surface area contributed by atoms with Gasteiger partial charge in [-0.2, -0.15) is 0 Å². The van der Waals surface area contributed by atoms with Crippen LogP contribution in [0.1, 0.15) is 56.9 Å². The molecule has 3 aliphatic carbocycles. The maximum absolute atomic E-state index is 10.8. The maximum atomic E-state index is 10.8. The molecule has 0 radical (unpaired) electrons. The fourth-order valence-corrected chi connectivity index (χ4v) is 8.30. The van der Waals surface area contributed by atoms with Gasteiger partial charge in [0.2, 0.25) is 0 Å². The highest BCUT2D eigenvalue weighted by molar-refractivity contribution is 5.82. The first-order chi connectivity index (χ1) is 15.9. The van der Waals surface area contributed by atoms with Gasteiger partial charge in [-0.15, -0.1) is 0 Å². The summed E-state index contributed by atoms with van der Waals surface area (Å²) in [6.07, 6.45) is 10.3. The van der Waals surface area contributed by atoms with Crippen LogP contribution in [-0.4, -0.2) is 49.8 Å². The zero-order valence-electron chi connectivity index (χ0n) is 18.9. The summed E-state index contributed by atoms with van der Waals surface area (Å²) in [4.78, 5) is 4.32. The minimum absolute atomic E-state index is 0.0850. The molecule has 3 heterocycles. The summed E-state index contributed by atoms with van der Waals surface area (Å²) in [5.41, 5.74) is 2.41. The first kappa shape index (κ1) is 20.3. The molecular formula is C28H31NO4. The van der Waals surface area contributed by atoms with Crippen molar-refractivity contribution in [3.63, 3.8) is 0 Å². The highest BCUT2D eigenvalue weighted by atomic mass is 16.5. The lowest BCUT2D eigenvalue weighted by Gasteiger charge is -2.55. The van der Waals surface area contributed by atoms with E-state index in [4.69, 9.17) is 4.74 Å². The van der Waals surface area contributed by atoms with Gasteiger partial charge < -0.3 is 20.1 Å². The van der Waals surface area contributed by atoms with Crippen molar-refractivity contribution in [1.82, 2.24) is 4.98 Å². The van der Waals surface area contributed by atoms with E-state index in [1.165, 1.54) is 21.9 Å². The van der Waals surface area contributed by atoms with Crippen LogP contribution in [-0.2, 0) is 4.74 Å². The molecule has 5 heteroatoms. The average molecular weight is 446 g/mol. The second-order valence-corrected chi connectivity index (χ2v) is 11.3. The molecule has 7 rings (SSSR count). The maximum Gasteiger partial charge on any atom is 0.110 e. The van der Waals surface area contributed by atoms with Crippen molar-refractivity contribution in [1.29, 1.82) is 0 Å². The van der Waals surface area contributed by atoms with Gasteiger partial charge in [-0.3, -0.25) is 4.98 Å². The van der Waals surface area contributed by atoms with E-state index in [0.717, 1.165) is 37.7 Å². The zero-order valence-corrected chi connectivity index (χ0v) is 18.9. The third kappa shape index (κ3) is 2.49. The van der Waals surface area contributed by atoms with Crippen LogP contribution >= 0.6 is 0 Å². The van der Waals surface area contributed by atoms with Crippen LogP contribution < -0.4 is 0 Å². The summed E-state index contributed by atoms with van der Waals surface area (Å²) in [7, 11) is 0. The number of allylic oxidation sites excluding steroid dienone is 1. The molecule has 3 N–H and O–H groups in total. The van der Waals surface area contributed by atoms with Crippen molar-refractivity contribution >= 4 is 10.8 Å². The van der Waals surface area contributed by atoms with E-state index in [9.17, 15) is 15.3 Å². The number of fused-ring (bicyclic) bond motifs is 2. The van der Waals surface area contributed by atoms with Crippen molar-refractivity contribution < 1.29 is 20.1 Å². The monoisotopic (exact) mass is 445 g/mol. The molecule has 0 amide bonds. The Morgan fingerprint density at radius 3 is 2.82 bits per heavy atom. The predicted octanol–water partition coefficient (Wildman–Crippen LogP) is 3.78. The number of benzene rings is 1. The molecule has 33 heavy (non-hydrogen) atoms. The standard InChI is InChI=1S/C28H31NO4/c1-26-8-6-19-13-21-24(31)25(32)22(30)14-27(21)9-10-28(19,33-27)23(26)5-4-20(26)17-3-2-16-7-11-29-15-18(16)12-17/h2-3,6-7,11-13,15,20,22-25,30-32H,4-5,8-10,14H2,1H3/t20?,22-,23+,24+,25-,26+,27+,28?/m0/s1. The summed E-state index contributed by atoms with van der Waals surface area (Å²) in [5, 5.41) is 34.0. The number of nitrogens with zero attached hydrogens (tertiary/aromatic N) is 1. The fraction of sp³-hybridized carbons (Fsp3) is 0.536. The van der Waals surface area contributed by atoms with Gasteiger partial charge in [0, 0.05) is 24.2 Å². The Kier molecular flexibility index (Phi) is 4.03. The smallest absolute Gasteiger partial charge is 0.110 e. The molecule has 1 aromatic carbocycles. The fourth-order valence-electron chi connectivity index (χ4n) is 8.30. The highest BCUT2D eigenvalue weighted by Gasteiger charge is 2.68. The largest absolute Gasteiger partial charge is 0.390 e. The predicted molar refractivity (Wildman–Crippen MR) is 125 cm³/mol. The number of hydrogen-bond donors (Lipinski definition) is 3. The SMILES string of the molecule is C[C@]12CC=C3C=C4[C@@H](O)[C@@H](O)[C@@H](O)C[C@]45CCC3(O5)[C@@H]1CCC2c1ccc2ccncc2c1. The summed E-state index contributed by atoms with van der Waals surface area (Å²) >= 11 is 0. The number of aliphatic hydroxyl groups excluding tert-OH is 3. The topological polar surface area (TPSA) is 82.8 Å². The van der Waals surface area contributed by atoms with Crippen molar-refractivity contribution in [3.8, 4) is 0 Å². The first-order valence-corrected chi connectivity index (χ1v) is 12.4. The third-order valence-corrected chi connectivity index (χ3v) is 9.91. The van der Waals surface area contributed by atoms with Gasteiger partial charge in [0.15, 0.2) is 0 Å². The van der Waals surface area contributed by atoms with Crippen molar-refractivity contribution in [2.45, 2.75) is 80.9 Å². The molecular weight excluding hydrogens is 414 g/mol. The van der Waals surface area contributed by atoms with Crippen LogP contribution in [0.5, 0.6) is 0 Å². The Morgan fingerprint density at radius 1 is 1.06 bits per heavy atom. The van der Waals surface area contributed by atoms with Gasteiger partial charge in [-0.25, -0.2) is 0 Å². The molecule has 3 fully saturated rings. The highest BCUT2D eigenvalue weighted by Crippen LogP contribution is 2.69. The molecule has 1 aromatic heterocycles. The Labute approximate surface area is 193 Å². The first-order valence-electron chi connectivity index (χ1n) is 12.4. The van der Waals surface area contributed by atoms with Crippen molar-refractivity contribution in [3.05, 3.63) is 65.5 Å². The molecule has 1 saturated heterocycles. The van der Waals surface area contributed by atoms with Gasteiger partial charge in [0.25, 0.3) is 0 Å². The Balaban J connectivity index is 1.31. The summed E-state index contributed by atoms with van der Waals surface area (Å²) in [6, 6.07) is 8.90. The number of hydrogen-bond acceptors (Lipinski definition) is 5. The van der Waals surface area contributed by atoms with Crippen LogP contribution in [0.3, 0.4) is 0 Å². The Hall–Kier alpha value is -2.05. The van der Waals surface area contributed by atoms with Crippen LogP contribution in [0.4, 0.5) is 0 Å². The van der Waals surface area contributed by atoms with Gasteiger partial charge >= 0.3 is 0 Å². The third-order valence-electron chi connectivity index (χ3n) is 9.91. The molecule has 5 aliphatic rings. The van der Waals surface area contributed by atoms with Gasteiger partial charge in [-0.05, 0) is 83.6 Å². The number of pyridine rings is 1. The minimum atomic E-state index is -1.15. The lowest BCUT2D eigenvalue weighted by Crippen LogP contribution is -2.59. The van der Waals surface area contributed by atoms with E-state index in [-0.39, 0.29) is 11.0 Å². The van der Waals surface area contributed by atoms with E-state index in [1.807, 2.05) is 12.4 Å². The van der Waals surface area contributed by atoms with Crippen molar-refractivity contribution in [2.75, 3.05) is 0 Å². The van der Waals surface area contributed by atoms with E-state index in [0.29, 0.717) is 18.3 Å². The lowest BCUT2D eigenvalue weighted by atomic mass is 9.58. The van der Waals surface area contributed by atoms with Gasteiger partial charge in [0.05, 0.1) is 17.3 Å². The van der Waals surface area contributed by atoms with E-state index >= 15 is 0 Å². The van der Waals surface area contributed by atoms with E-state index < -0.39 is 23.9 Å². The van der Waals surface area contributed by atoms with Gasteiger partial charge in [-0.1, -0.05) is 31.2 Å².